The predicted molar refractivity (Wildman–Crippen MR) is 72.0 cm³/mol. The largest absolute Gasteiger partial charge is 0.387 e. The first-order valence-corrected chi connectivity index (χ1v) is 6.55. The van der Waals surface area contributed by atoms with Crippen molar-refractivity contribution in [3.05, 3.63) is 23.3 Å². The molecular weight excluding hydrogens is 212 g/mol. The Labute approximate surface area is 105 Å². The van der Waals surface area contributed by atoms with Crippen LogP contribution in [-0.2, 0) is 4.74 Å². The molecule has 2 nitrogen and oxygen atoms in total. The van der Waals surface area contributed by atoms with Crippen LogP contribution >= 0.6 is 0 Å². The molecular formula is C15H26O2. The van der Waals surface area contributed by atoms with E-state index in [0.29, 0.717) is 0 Å². The van der Waals surface area contributed by atoms with Crippen molar-refractivity contribution in [2.75, 3.05) is 6.61 Å². The topological polar surface area (TPSA) is 32.8 Å². The van der Waals surface area contributed by atoms with Gasteiger partial charge >= 0.3 is 0 Å². The lowest BCUT2D eigenvalue weighted by atomic mass is 9.95. The van der Waals surface area contributed by atoms with Crippen molar-refractivity contribution in [3.8, 4) is 0 Å². The molecule has 0 aromatic carbocycles. The van der Waals surface area contributed by atoms with Crippen molar-refractivity contribution >= 4 is 0 Å². The Morgan fingerprint density at radius 2 is 1.94 bits per heavy atom. The molecule has 1 fully saturated rings. The van der Waals surface area contributed by atoms with E-state index in [2.05, 4.69) is 32.9 Å². The van der Waals surface area contributed by atoms with E-state index in [0.717, 1.165) is 32.3 Å². The van der Waals surface area contributed by atoms with Gasteiger partial charge in [0.25, 0.3) is 0 Å². The zero-order valence-corrected chi connectivity index (χ0v) is 11.6. The molecule has 17 heavy (non-hydrogen) atoms. The summed E-state index contributed by atoms with van der Waals surface area (Å²) in [5.74, 6) is 0. The summed E-state index contributed by atoms with van der Waals surface area (Å²) < 4.78 is 5.14. The normalized spacial score (nSPS) is 23.1. The average Bonchev–Trinajstić information content (AvgIpc) is 2.99. The van der Waals surface area contributed by atoms with Gasteiger partial charge in [0.2, 0.25) is 0 Å². The van der Waals surface area contributed by atoms with Crippen LogP contribution in [0.4, 0.5) is 0 Å². The predicted octanol–water partition coefficient (Wildman–Crippen LogP) is 3.61. The van der Waals surface area contributed by atoms with E-state index in [9.17, 15) is 5.11 Å². The van der Waals surface area contributed by atoms with Gasteiger partial charge in [0.1, 0.15) is 6.10 Å². The molecule has 1 rings (SSSR count). The fraction of sp³-hybridized carbons (Fsp3) is 0.733. The zero-order chi connectivity index (χ0) is 12.9. The molecule has 0 radical (unpaired) electrons. The summed E-state index contributed by atoms with van der Waals surface area (Å²) in [6.45, 7) is 9.02. The number of ether oxygens (including phenoxy) is 1. The summed E-state index contributed by atoms with van der Waals surface area (Å²) in [6, 6.07) is 0. The van der Waals surface area contributed by atoms with E-state index in [1.807, 2.05) is 6.92 Å². The van der Waals surface area contributed by atoms with E-state index in [-0.39, 0.29) is 6.10 Å². The second-order valence-corrected chi connectivity index (χ2v) is 5.59. The fourth-order valence-corrected chi connectivity index (χ4v) is 1.87. The monoisotopic (exact) mass is 238 g/mol. The Bertz CT molecular complexity index is 292. The van der Waals surface area contributed by atoms with Crippen molar-refractivity contribution in [3.63, 3.8) is 0 Å². The molecule has 1 N–H and O–H groups in total. The summed E-state index contributed by atoms with van der Waals surface area (Å²) in [5, 5.41) is 10.1. The van der Waals surface area contributed by atoms with Crippen molar-refractivity contribution in [2.24, 2.45) is 0 Å². The van der Waals surface area contributed by atoms with Gasteiger partial charge in [-0.2, -0.15) is 0 Å². The second kappa shape index (κ2) is 6.36. The number of aliphatic hydroxyl groups is 1. The third kappa shape index (κ3) is 6.04. The summed E-state index contributed by atoms with van der Waals surface area (Å²) in [6.07, 6.45) is 8.55. The van der Waals surface area contributed by atoms with Crippen LogP contribution in [-0.4, -0.2) is 23.4 Å². The zero-order valence-electron chi connectivity index (χ0n) is 11.6. The quantitative estimate of drug-likeness (QED) is 0.543. The SMILES string of the molecule is CC(C)=CCC/C(C)=C\CCC(C)(O)C1CO1. The van der Waals surface area contributed by atoms with Crippen molar-refractivity contribution < 1.29 is 9.84 Å². The lowest BCUT2D eigenvalue weighted by Gasteiger charge is -2.19. The minimum atomic E-state index is -0.642. The Balaban J connectivity index is 2.21. The van der Waals surface area contributed by atoms with Gasteiger partial charge in [-0.05, 0) is 53.4 Å². The van der Waals surface area contributed by atoms with Crippen molar-refractivity contribution in [1.29, 1.82) is 0 Å². The highest BCUT2D eigenvalue weighted by atomic mass is 16.6. The van der Waals surface area contributed by atoms with E-state index in [1.54, 1.807) is 0 Å². The van der Waals surface area contributed by atoms with Gasteiger partial charge in [-0.15, -0.1) is 0 Å². The van der Waals surface area contributed by atoms with Crippen LogP contribution in [0.25, 0.3) is 0 Å². The molecule has 0 saturated carbocycles. The molecule has 1 aliphatic rings. The van der Waals surface area contributed by atoms with Gasteiger partial charge in [0.15, 0.2) is 0 Å². The average molecular weight is 238 g/mol. The van der Waals surface area contributed by atoms with Crippen LogP contribution in [0.3, 0.4) is 0 Å². The summed E-state index contributed by atoms with van der Waals surface area (Å²) in [5.41, 5.74) is 2.15. The van der Waals surface area contributed by atoms with Crippen LogP contribution in [0.5, 0.6) is 0 Å². The molecule has 0 aliphatic carbocycles. The maximum atomic E-state index is 10.1. The Morgan fingerprint density at radius 3 is 2.47 bits per heavy atom. The van der Waals surface area contributed by atoms with Crippen LogP contribution in [0, 0.1) is 0 Å². The lowest BCUT2D eigenvalue weighted by molar-refractivity contribution is 0.0225. The van der Waals surface area contributed by atoms with Gasteiger partial charge in [0.05, 0.1) is 12.2 Å². The van der Waals surface area contributed by atoms with Gasteiger partial charge in [-0.3, -0.25) is 0 Å². The number of hydrogen-bond acceptors (Lipinski definition) is 2. The van der Waals surface area contributed by atoms with Crippen LogP contribution in [0.2, 0.25) is 0 Å². The lowest BCUT2D eigenvalue weighted by Crippen LogP contribution is -2.30. The number of epoxide rings is 1. The standard InChI is InChI=1S/C15H26O2/c1-12(2)7-5-8-13(3)9-6-10-15(4,16)14-11-17-14/h7,9,14,16H,5-6,8,10-11H2,1-4H3/b13-9-. The number of allylic oxidation sites excluding steroid dienone is 4. The molecule has 1 heterocycles. The molecule has 0 bridgehead atoms. The van der Waals surface area contributed by atoms with Crippen LogP contribution in [0.15, 0.2) is 23.3 Å². The highest BCUT2D eigenvalue weighted by Gasteiger charge is 2.40. The molecule has 1 aliphatic heterocycles. The maximum Gasteiger partial charge on any atom is 0.109 e. The minimum Gasteiger partial charge on any atom is -0.387 e. The van der Waals surface area contributed by atoms with E-state index in [1.165, 1.54) is 11.1 Å². The molecule has 2 heteroatoms. The first-order valence-electron chi connectivity index (χ1n) is 6.55. The fourth-order valence-electron chi connectivity index (χ4n) is 1.87. The third-order valence-corrected chi connectivity index (χ3v) is 3.26. The Hall–Kier alpha value is -0.600. The second-order valence-electron chi connectivity index (χ2n) is 5.59. The minimum absolute atomic E-state index is 0.0712. The Kier molecular flexibility index (Phi) is 5.41. The Morgan fingerprint density at radius 1 is 1.29 bits per heavy atom. The molecule has 1 saturated heterocycles. The summed E-state index contributed by atoms with van der Waals surface area (Å²) in [4.78, 5) is 0. The van der Waals surface area contributed by atoms with E-state index >= 15 is 0 Å². The van der Waals surface area contributed by atoms with E-state index < -0.39 is 5.60 Å². The van der Waals surface area contributed by atoms with Gasteiger partial charge in [-0.25, -0.2) is 0 Å². The molecule has 0 aromatic heterocycles. The van der Waals surface area contributed by atoms with Crippen molar-refractivity contribution in [1.82, 2.24) is 0 Å². The highest BCUT2D eigenvalue weighted by molar-refractivity contribution is 5.03. The molecule has 0 spiro atoms. The maximum absolute atomic E-state index is 10.1. The molecule has 2 unspecified atom stereocenters. The smallest absolute Gasteiger partial charge is 0.109 e. The molecule has 0 aromatic rings. The van der Waals surface area contributed by atoms with Crippen molar-refractivity contribution in [2.45, 2.75) is 65.1 Å². The first kappa shape index (κ1) is 14.5. The number of rotatable bonds is 7. The van der Waals surface area contributed by atoms with Crippen LogP contribution in [0.1, 0.15) is 53.4 Å². The highest BCUT2D eigenvalue weighted by Crippen LogP contribution is 2.28. The van der Waals surface area contributed by atoms with Crippen LogP contribution < -0.4 is 0 Å². The van der Waals surface area contributed by atoms with Gasteiger partial charge < -0.3 is 9.84 Å². The van der Waals surface area contributed by atoms with Gasteiger partial charge in [0, 0.05) is 0 Å². The third-order valence-electron chi connectivity index (χ3n) is 3.26. The molecule has 98 valence electrons. The summed E-state index contributed by atoms with van der Waals surface area (Å²) >= 11 is 0. The number of hydrogen-bond donors (Lipinski definition) is 1. The summed E-state index contributed by atoms with van der Waals surface area (Å²) in [7, 11) is 0. The molecule has 2 atom stereocenters. The van der Waals surface area contributed by atoms with E-state index in [4.69, 9.17) is 4.74 Å². The molecule has 0 amide bonds. The first-order chi connectivity index (χ1) is 7.92. The van der Waals surface area contributed by atoms with Gasteiger partial charge in [-0.1, -0.05) is 23.3 Å².